The lowest BCUT2D eigenvalue weighted by atomic mass is 9.94. The Bertz CT molecular complexity index is 2150. The fraction of sp³-hybridized carbons (Fsp3) is 0.562. The molecule has 0 saturated carbocycles. The van der Waals surface area contributed by atoms with Crippen LogP contribution in [0.3, 0.4) is 0 Å². The minimum absolute atomic E-state index is 0.163. The van der Waals surface area contributed by atoms with Gasteiger partial charge in [0.25, 0.3) is 0 Å². The van der Waals surface area contributed by atoms with Crippen LogP contribution in [-0.2, 0) is 73.4 Å². The highest BCUT2D eigenvalue weighted by Gasteiger charge is 2.38. The summed E-state index contributed by atoms with van der Waals surface area (Å²) in [4.78, 5) is 145. The summed E-state index contributed by atoms with van der Waals surface area (Å²) < 4.78 is 15.1. The standard InChI is InChI=1S/C48H69N7O17/c1-25(22-26(2)36(70-6)23-30-12-10-9-11-13-30)14-15-31-27(3)41(60)54-34(47(66)67)16-19-37(57)50-35(24-56)46(65)49-29(5)43(62)53-33(18-21-39(59)72-8)45(64)55-40(48(68)69)28(4)42(61)52-32(44(63)51-31)17-20-38(58)71-7/h9-15,22,26-29,31-36,40,56H,16-21,23-24H2,1-8H3,(H,49,65)(H,50,57)(H,51,63)(H,52,61)(H,53,62)(H,54,60)(H,55,64)(H,66,67)(H,68,69)/b15-14+,25-22+/t26-,27-,28?,29+,31?,32-,33-,34+,35?,36-,40+/m0/s1. The van der Waals surface area contributed by atoms with Gasteiger partial charge in [0, 0.05) is 32.3 Å². The highest BCUT2D eigenvalue weighted by Crippen LogP contribution is 2.19. The van der Waals surface area contributed by atoms with Crippen molar-refractivity contribution in [1.82, 2.24) is 37.2 Å². The molecule has 0 radical (unpaired) electrons. The Labute approximate surface area is 417 Å². The van der Waals surface area contributed by atoms with Gasteiger partial charge in [-0.05, 0) is 45.1 Å². The Kier molecular flexibility index (Phi) is 25.8. The molecule has 0 bridgehead atoms. The second-order valence-corrected chi connectivity index (χ2v) is 17.4. The summed E-state index contributed by atoms with van der Waals surface area (Å²) in [5.41, 5.74) is 1.69. The zero-order chi connectivity index (χ0) is 54.2. The Hall–Kier alpha value is -7.21. The smallest absolute Gasteiger partial charge is 0.327 e. The molecule has 24 nitrogen and oxygen atoms in total. The first kappa shape index (κ1) is 60.9. The molecule has 7 amide bonds. The van der Waals surface area contributed by atoms with Gasteiger partial charge in [-0.1, -0.05) is 74.9 Å². The predicted molar refractivity (Wildman–Crippen MR) is 255 cm³/mol. The lowest BCUT2D eigenvalue weighted by molar-refractivity contribution is -0.147. The Balaban J connectivity index is 2.72. The van der Waals surface area contributed by atoms with E-state index in [0.29, 0.717) is 12.0 Å². The van der Waals surface area contributed by atoms with Crippen LogP contribution in [0.5, 0.6) is 0 Å². The van der Waals surface area contributed by atoms with Crippen LogP contribution >= 0.6 is 0 Å². The average molecular weight is 1020 g/mol. The van der Waals surface area contributed by atoms with Crippen molar-refractivity contribution in [3.05, 3.63) is 59.7 Å². The molecule has 1 aliphatic heterocycles. The molecule has 0 aromatic heterocycles. The normalized spacial score (nSPS) is 25.8. The Morgan fingerprint density at radius 2 is 1.22 bits per heavy atom. The highest BCUT2D eigenvalue weighted by molar-refractivity contribution is 5.97. The first-order chi connectivity index (χ1) is 34.0. The van der Waals surface area contributed by atoms with Gasteiger partial charge in [0.2, 0.25) is 41.4 Å². The third-order valence-corrected chi connectivity index (χ3v) is 11.9. The van der Waals surface area contributed by atoms with Gasteiger partial charge in [-0.15, -0.1) is 0 Å². The Morgan fingerprint density at radius 1 is 0.681 bits per heavy atom. The number of ether oxygens (including phenoxy) is 3. The molecule has 1 aromatic carbocycles. The SMILES string of the molecule is COC(=O)CC[C@@H]1NC(=O)C(C)[C@H](C(=O)O)NC(=O)[C@H](CCC(=O)OC)NC(=O)[C@@H](C)NC(=O)C(CO)NC(=O)CC[C@H](C(=O)O)NC(=O)[C@@H](C)C(/C=C/C(C)=C/[C@H](C)[C@H](Cc2ccccc2)OC)NC1=O. The molecule has 1 saturated heterocycles. The third kappa shape index (κ3) is 20.3. The summed E-state index contributed by atoms with van der Waals surface area (Å²) in [7, 11) is 3.72. The van der Waals surface area contributed by atoms with Crippen molar-refractivity contribution in [3.63, 3.8) is 0 Å². The van der Waals surface area contributed by atoms with Crippen LogP contribution < -0.4 is 37.2 Å². The number of carboxylic acid groups (broad SMARTS) is 2. The van der Waals surface area contributed by atoms with Crippen LogP contribution in [0.15, 0.2) is 54.1 Å². The van der Waals surface area contributed by atoms with Gasteiger partial charge >= 0.3 is 23.9 Å². The molecule has 11 atom stereocenters. The van der Waals surface area contributed by atoms with E-state index in [-0.39, 0.29) is 12.0 Å². The molecule has 0 spiro atoms. The number of hydrogen-bond donors (Lipinski definition) is 10. The molecule has 2 rings (SSSR count). The van der Waals surface area contributed by atoms with Gasteiger partial charge in [-0.3, -0.25) is 43.2 Å². The number of carbonyl (C=O) groups is 11. The molecule has 0 aliphatic carbocycles. The first-order valence-corrected chi connectivity index (χ1v) is 23.2. The van der Waals surface area contributed by atoms with Crippen molar-refractivity contribution in [2.24, 2.45) is 17.8 Å². The second kappa shape index (κ2) is 30.5. The van der Waals surface area contributed by atoms with Gasteiger partial charge in [0.05, 0.1) is 44.8 Å². The topological polar surface area (TPSA) is 360 Å². The predicted octanol–water partition coefficient (Wildman–Crippen LogP) is -1.07. The second-order valence-electron chi connectivity index (χ2n) is 17.4. The number of hydrogen-bond acceptors (Lipinski definition) is 15. The number of carbonyl (C=O) groups excluding carboxylic acids is 9. The molecule has 3 unspecified atom stereocenters. The number of amides is 7. The van der Waals surface area contributed by atoms with E-state index in [1.54, 1.807) is 20.1 Å². The lowest BCUT2D eigenvalue weighted by Gasteiger charge is -2.28. The van der Waals surface area contributed by atoms with Gasteiger partial charge in [-0.2, -0.15) is 0 Å². The molecule has 1 aliphatic rings. The van der Waals surface area contributed by atoms with E-state index in [1.807, 2.05) is 43.3 Å². The molecule has 10 N–H and O–H groups in total. The lowest BCUT2D eigenvalue weighted by Crippen LogP contribution is -2.59. The Morgan fingerprint density at radius 3 is 1.75 bits per heavy atom. The van der Waals surface area contributed by atoms with Crippen molar-refractivity contribution >= 4 is 65.2 Å². The van der Waals surface area contributed by atoms with Crippen LogP contribution in [0.2, 0.25) is 0 Å². The third-order valence-electron chi connectivity index (χ3n) is 11.9. The fourth-order valence-electron chi connectivity index (χ4n) is 7.28. The van der Waals surface area contributed by atoms with Gasteiger partial charge in [0.1, 0.15) is 36.3 Å². The van der Waals surface area contributed by atoms with Gasteiger partial charge < -0.3 is 66.7 Å². The quantitative estimate of drug-likeness (QED) is 0.0696. The number of nitrogens with one attached hydrogen (secondary N) is 7. The summed E-state index contributed by atoms with van der Waals surface area (Å²) in [6.45, 7) is 6.32. The van der Waals surface area contributed by atoms with Crippen molar-refractivity contribution in [3.8, 4) is 0 Å². The van der Waals surface area contributed by atoms with E-state index < -0.39 is 164 Å². The van der Waals surface area contributed by atoms with Crippen molar-refractivity contribution in [1.29, 1.82) is 0 Å². The molecule has 1 fully saturated rings. The van der Waals surface area contributed by atoms with E-state index in [9.17, 15) is 68.1 Å². The van der Waals surface area contributed by atoms with Crippen LogP contribution in [0.1, 0.15) is 78.7 Å². The summed E-state index contributed by atoms with van der Waals surface area (Å²) in [5, 5.41) is 46.7. The highest BCUT2D eigenvalue weighted by atomic mass is 16.5. The average Bonchev–Trinajstić information content (AvgIpc) is 3.34. The van der Waals surface area contributed by atoms with Crippen molar-refractivity contribution in [2.75, 3.05) is 27.9 Å². The zero-order valence-corrected chi connectivity index (χ0v) is 41.7. The van der Waals surface area contributed by atoms with Crippen molar-refractivity contribution in [2.45, 2.75) is 128 Å². The largest absolute Gasteiger partial charge is 0.480 e. The molecular weight excluding hydrogens is 947 g/mol. The maximum absolute atomic E-state index is 14.3. The number of esters is 2. The fourth-order valence-corrected chi connectivity index (χ4v) is 7.28. The van der Waals surface area contributed by atoms with Crippen LogP contribution in [0, 0.1) is 17.8 Å². The minimum Gasteiger partial charge on any atom is -0.480 e. The molecule has 24 heteroatoms. The minimum atomic E-state index is -2.05. The molecule has 1 aromatic rings. The van der Waals surface area contributed by atoms with E-state index >= 15 is 0 Å². The monoisotopic (exact) mass is 1020 g/mol. The molecule has 1 heterocycles. The number of rotatable bonds is 16. The molecular formula is C48H69N7O17. The number of methoxy groups -OCH3 is 3. The number of aliphatic hydroxyl groups is 1. The van der Waals surface area contributed by atoms with Gasteiger partial charge in [-0.25, -0.2) is 9.59 Å². The van der Waals surface area contributed by atoms with Crippen LogP contribution in [0.4, 0.5) is 0 Å². The number of carboxylic acids is 2. The summed E-state index contributed by atoms with van der Waals surface area (Å²) in [6.07, 6.45) is 2.31. The van der Waals surface area contributed by atoms with Gasteiger partial charge in [0.15, 0.2) is 0 Å². The van der Waals surface area contributed by atoms with Crippen LogP contribution in [0.25, 0.3) is 0 Å². The maximum atomic E-state index is 14.3. The van der Waals surface area contributed by atoms with E-state index in [4.69, 9.17) is 9.47 Å². The zero-order valence-electron chi connectivity index (χ0n) is 41.7. The van der Waals surface area contributed by atoms with E-state index in [0.717, 1.165) is 33.6 Å². The number of aliphatic hydroxyl groups excluding tert-OH is 1. The summed E-state index contributed by atoms with van der Waals surface area (Å²) in [6, 6.07) is -1.89. The maximum Gasteiger partial charge on any atom is 0.327 e. The molecule has 72 heavy (non-hydrogen) atoms. The molecule has 398 valence electrons. The summed E-state index contributed by atoms with van der Waals surface area (Å²) >= 11 is 0. The van der Waals surface area contributed by atoms with Crippen molar-refractivity contribution < 1.29 is 82.3 Å². The number of allylic oxidation sites excluding steroid dienone is 2. The van der Waals surface area contributed by atoms with E-state index in [1.165, 1.54) is 13.0 Å². The first-order valence-electron chi connectivity index (χ1n) is 23.2. The summed E-state index contributed by atoms with van der Waals surface area (Å²) in [5.74, 6) is -15.4. The van der Waals surface area contributed by atoms with E-state index in [2.05, 4.69) is 42.0 Å². The van der Waals surface area contributed by atoms with Crippen LogP contribution in [-0.4, -0.2) is 157 Å². The number of aliphatic carboxylic acids is 2. The number of benzene rings is 1.